The van der Waals surface area contributed by atoms with E-state index in [0.29, 0.717) is 16.8 Å². The minimum Gasteiger partial charge on any atom is -0.483 e. The Kier molecular flexibility index (Phi) is 7.32. The first-order valence-corrected chi connectivity index (χ1v) is 9.83. The molecule has 0 heterocycles. The second-order valence-electron chi connectivity index (χ2n) is 7.27. The molecular weight excluding hydrogens is 442 g/mol. The van der Waals surface area contributed by atoms with Gasteiger partial charge in [-0.1, -0.05) is 12.1 Å². The van der Waals surface area contributed by atoms with Gasteiger partial charge in [-0.05, 0) is 55.8 Å². The summed E-state index contributed by atoms with van der Waals surface area (Å²) in [6, 6.07) is 12.1. The van der Waals surface area contributed by atoms with E-state index in [4.69, 9.17) is 9.47 Å². The minimum absolute atomic E-state index is 0.0930. The summed E-state index contributed by atoms with van der Waals surface area (Å²) in [6.07, 6.45) is -0.252. The Morgan fingerprint density at radius 3 is 1.94 bits per heavy atom. The van der Waals surface area contributed by atoms with Gasteiger partial charge in [-0.25, -0.2) is 13.6 Å². The summed E-state index contributed by atoms with van der Waals surface area (Å²) in [4.78, 5) is 24.3. The van der Waals surface area contributed by atoms with Crippen LogP contribution in [-0.4, -0.2) is 18.0 Å². The van der Waals surface area contributed by atoms with E-state index >= 15 is 0 Å². The number of nitrogens with one attached hydrogen (secondary N) is 1. The van der Waals surface area contributed by atoms with Crippen LogP contribution in [0.15, 0.2) is 54.6 Å². The quantitative estimate of drug-likeness (QED) is 0.281. The van der Waals surface area contributed by atoms with Gasteiger partial charge in [-0.15, -0.1) is 0 Å². The highest BCUT2D eigenvalue weighted by atomic mass is 19.2. The molecule has 5 nitrogen and oxygen atoms in total. The molecule has 0 spiro atoms. The lowest BCUT2D eigenvalue weighted by atomic mass is 10.1. The van der Waals surface area contributed by atoms with Crippen LogP contribution in [0.1, 0.15) is 40.1 Å². The van der Waals surface area contributed by atoms with Crippen molar-refractivity contribution in [3.8, 4) is 5.75 Å². The number of anilines is 1. The zero-order chi connectivity index (χ0) is 24.1. The van der Waals surface area contributed by atoms with Crippen LogP contribution in [0.25, 0.3) is 0 Å². The van der Waals surface area contributed by atoms with E-state index in [-0.39, 0.29) is 24.3 Å². The molecule has 9 heteroatoms. The number of carbonyl (C=O) groups is 2. The molecule has 3 aromatic rings. The third-order valence-electron chi connectivity index (χ3n) is 4.39. The van der Waals surface area contributed by atoms with Crippen molar-refractivity contribution in [2.24, 2.45) is 0 Å². The summed E-state index contributed by atoms with van der Waals surface area (Å²) < 4.78 is 63.8. The van der Waals surface area contributed by atoms with Gasteiger partial charge in [0.2, 0.25) is 11.6 Å². The maximum Gasteiger partial charge on any atom is 0.338 e. The first-order valence-electron chi connectivity index (χ1n) is 9.83. The number of hydrogen-bond acceptors (Lipinski definition) is 4. The smallest absolute Gasteiger partial charge is 0.338 e. The van der Waals surface area contributed by atoms with Crippen molar-refractivity contribution in [1.29, 1.82) is 0 Å². The SMILES string of the molecule is CC(C)OC(=O)c1ccc(NC(=O)c2ccc(COc3c(F)c(F)cc(F)c3F)cc2)cc1. The highest BCUT2D eigenvalue weighted by molar-refractivity contribution is 6.04. The Morgan fingerprint density at radius 2 is 1.39 bits per heavy atom. The normalized spacial score (nSPS) is 10.8. The van der Waals surface area contributed by atoms with Crippen molar-refractivity contribution in [2.45, 2.75) is 26.6 Å². The molecule has 0 aliphatic rings. The van der Waals surface area contributed by atoms with Crippen LogP contribution in [0.3, 0.4) is 0 Å². The number of benzene rings is 3. The summed E-state index contributed by atoms with van der Waals surface area (Å²) in [5, 5.41) is 2.67. The largest absolute Gasteiger partial charge is 0.483 e. The lowest BCUT2D eigenvalue weighted by Crippen LogP contribution is -2.13. The number of hydrogen-bond donors (Lipinski definition) is 1. The maximum atomic E-state index is 13.7. The van der Waals surface area contributed by atoms with Crippen molar-refractivity contribution in [2.75, 3.05) is 5.32 Å². The van der Waals surface area contributed by atoms with Crippen LogP contribution in [0.5, 0.6) is 5.75 Å². The fourth-order valence-corrected chi connectivity index (χ4v) is 2.76. The Labute approximate surface area is 186 Å². The molecule has 0 bridgehead atoms. The number of esters is 1. The fraction of sp³-hybridized carbons (Fsp3) is 0.167. The second kappa shape index (κ2) is 10.2. The predicted molar refractivity (Wildman–Crippen MR) is 112 cm³/mol. The van der Waals surface area contributed by atoms with Crippen LogP contribution < -0.4 is 10.1 Å². The number of amides is 1. The first-order chi connectivity index (χ1) is 15.7. The van der Waals surface area contributed by atoms with Crippen LogP contribution in [0, 0.1) is 23.3 Å². The molecule has 33 heavy (non-hydrogen) atoms. The van der Waals surface area contributed by atoms with E-state index in [9.17, 15) is 27.2 Å². The lowest BCUT2D eigenvalue weighted by Gasteiger charge is -2.11. The third kappa shape index (κ3) is 5.88. The van der Waals surface area contributed by atoms with Crippen molar-refractivity contribution < 1.29 is 36.6 Å². The van der Waals surface area contributed by atoms with E-state index in [0.717, 1.165) is 0 Å². The highest BCUT2D eigenvalue weighted by Crippen LogP contribution is 2.27. The molecule has 0 unspecified atom stereocenters. The topological polar surface area (TPSA) is 64.6 Å². The Bertz CT molecular complexity index is 1140. The molecule has 1 amide bonds. The number of rotatable bonds is 7. The van der Waals surface area contributed by atoms with Crippen molar-refractivity contribution in [3.05, 3.63) is 94.6 Å². The molecule has 1 N–H and O–H groups in total. The molecule has 0 aliphatic carbocycles. The maximum absolute atomic E-state index is 13.7. The Balaban J connectivity index is 1.61. The van der Waals surface area contributed by atoms with E-state index in [1.807, 2.05) is 0 Å². The standard InChI is InChI=1S/C24H19F4NO4/c1-13(2)33-24(31)16-7-9-17(10-8-16)29-23(30)15-5-3-14(4-6-15)12-32-22-20(27)18(25)11-19(26)21(22)28/h3-11,13H,12H2,1-2H3,(H,29,30). The van der Waals surface area contributed by atoms with Gasteiger partial charge >= 0.3 is 5.97 Å². The summed E-state index contributed by atoms with van der Waals surface area (Å²) >= 11 is 0. The Hall–Kier alpha value is -3.88. The monoisotopic (exact) mass is 461 g/mol. The van der Waals surface area contributed by atoms with Crippen LogP contribution in [-0.2, 0) is 11.3 Å². The van der Waals surface area contributed by atoms with Gasteiger partial charge in [0, 0.05) is 17.3 Å². The third-order valence-corrected chi connectivity index (χ3v) is 4.39. The average Bonchev–Trinajstić information content (AvgIpc) is 2.78. The molecule has 0 fully saturated rings. The van der Waals surface area contributed by atoms with E-state index in [1.54, 1.807) is 26.0 Å². The summed E-state index contributed by atoms with van der Waals surface area (Å²) in [5.41, 5.74) is 1.48. The molecule has 0 atom stereocenters. The van der Waals surface area contributed by atoms with Gasteiger partial charge < -0.3 is 14.8 Å². The van der Waals surface area contributed by atoms with Gasteiger partial charge in [0.25, 0.3) is 5.91 Å². The Morgan fingerprint density at radius 1 is 0.848 bits per heavy atom. The molecule has 0 radical (unpaired) electrons. The summed E-state index contributed by atoms with van der Waals surface area (Å²) in [7, 11) is 0. The van der Waals surface area contributed by atoms with Gasteiger partial charge in [-0.2, -0.15) is 8.78 Å². The van der Waals surface area contributed by atoms with E-state index < -0.39 is 40.9 Å². The zero-order valence-corrected chi connectivity index (χ0v) is 17.6. The highest BCUT2D eigenvalue weighted by Gasteiger charge is 2.20. The zero-order valence-electron chi connectivity index (χ0n) is 17.6. The molecular formula is C24H19F4NO4. The van der Waals surface area contributed by atoms with E-state index in [1.165, 1.54) is 36.4 Å². The van der Waals surface area contributed by atoms with Gasteiger partial charge in [0.05, 0.1) is 11.7 Å². The molecule has 0 saturated carbocycles. The van der Waals surface area contributed by atoms with Crippen LogP contribution in [0.4, 0.5) is 23.2 Å². The van der Waals surface area contributed by atoms with Crippen LogP contribution >= 0.6 is 0 Å². The van der Waals surface area contributed by atoms with E-state index in [2.05, 4.69) is 5.32 Å². The summed E-state index contributed by atoms with van der Waals surface area (Å²) in [6.45, 7) is 3.09. The lowest BCUT2D eigenvalue weighted by molar-refractivity contribution is 0.0378. The van der Waals surface area contributed by atoms with Crippen molar-refractivity contribution >= 4 is 17.6 Å². The predicted octanol–water partition coefficient (Wildman–Crippen LogP) is 5.64. The van der Waals surface area contributed by atoms with Crippen LogP contribution in [0.2, 0.25) is 0 Å². The second-order valence-corrected chi connectivity index (χ2v) is 7.27. The number of ether oxygens (including phenoxy) is 2. The molecule has 0 aromatic heterocycles. The minimum atomic E-state index is -1.63. The van der Waals surface area contributed by atoms with Crippen molar-refractivity contribution in [1.82, 2.24) is 0 Å². The van der Waals surface area contributed by atoms with Gasteiger partial charge in [-0.3, -0.25) is 4.79 Å². The average molecular weight is 461 g/mol. The van der Waals surface area contributed by atoms with Gasteiger partial charge in [0.1, 0.15) is 6.61 Å². The fourth-order valence-electron chi connectivity index (χ4n) is 2.76. The summed E-state index contributed by atoms with van der Waals surface area (Å²) in [5.74, 6) is -8.47. The number of halogens is 4. The number of carbonyl (C=O) groups excluding carboxylic acids is 2. The van der Waals surface area contributed by atoms with Gasteiger partial charge in [0.15, 0.2) is 17.4 Å². The molecule has 0 aliphatic heterocycles. The molecule has 172 valence electrons. The van der Waals surface area contributed by atoms with Crippen molar-refractivity contribution in [3.63, 3.8) is 0 Å². The molecule has 3 aromatic carbocycles. The first kappa shape index (κ1) is 23.8. The molecule has 3 rings (SSSR count). The molecule has 0 saturated heterocycles.